The van der Waals surface area contributed by atoms with Gasteiger partial charge >= 0.3 is 0 Å². The molecule has 0 aliphatic heterocycles. The highest BCUT2D eigenvalue weighted by Crippen LogP contribution is 2.30. The van der Waals surface area contributed by atoms with Crippen LogP contribution in [-0.4, -0.2) is 5.97 Å². The first-order valence-electron chi connectivity index (χ1n) is 4.06. The second kappa shape index (κ2) is 3.94. The molecular weight excluding hydrogens is 216 g/mol. The number of hydrogen-bond donors (Lipinski definition) is 0. The van der Waals surface area contributed by atoms with Gasteiger partial charge in [-0.3, -0.25) is 0 Å². The molecule has 14 heavy (non-hydrogen) atoms. The van der Waals surface area contributed by atoms with Crippen molar-refractivity contribution in [3.05, 3.63) is 44.8 Å². The number of hydrogen-bond acceptors (Lipinski definition) is 4. The Morgan fingerprint density at radius 1 is 1.14 bits per heavy atom. The molecule has 0 aliphatic carbocycles. The number of thiophene rings is 2. The lowest BCUT2D eigenvalue weighted by atomic mass is 10.1. The molecule has 2 aromatic rings. The Labute approximate surface area is 89.5 Å². The van der Waals surface area contributed by atoms with Crippen LogP contribution in [0.2, 0.25) is 0 Å². The van der Waals surface area contributed by atoms with E-state index >= 15 is 0 Å². The minimum absolute atomic E-state index is 0.602. The lowest BCUT2D eigenvalue weighted by Crippen LogP contribution is -2.29. The summed E-state index contributed by atoms with van der Waals surface area (Å²) in [5, 5.41) is 14.7. The third kappa shape index (κ3) is 1.71. The molecule has 0 amide bonds. The average molecular weight is 223 g/mol. The summed E-state index contributed by atoms with van der Waals surface area (Å²) in [7, 11) is 0. The molecule has 0 spiro atoms. The quantitative estimate of drug-likeness (QED) is 0.794. The molecule has 2 heterocycles. The van der Waals surface area contributed by atoms with Crippen molar-refractivity contribution in [2.75, 3.05) is 0 Å². The molecule has 0 aliphatic rings. The standard InChI is InChI=1S/C10H8O2S2/c11-10(12)9(7-3-1-5-13-7)8-4-2-6-14-8/h1-6,9H,(H,11,12)/p-1. The number of carboxylic acid groups (broad SMARTS) is 1. The summed E-state index contributed by atoms with van der Waals surface area (Å²) in [4.78, 5) is 12.7. The van der Waals surface area contributed by atoms with Crippen molar-refractivity contribution in [2.24, 2.45) is 0 Å². The van der Waals surface area contributed by atoms with E-state index in [0.29, 0.717) is 0 Å². The van der Waals surface area contributed by atoms with Crippen molar-refractivity contribution in [1.82, 2.24) is 0 Å². The van der Waals surface area contributed by atoms with Crippen molar-refractivity contribution in [1.29, 1.82) is 0 Å². The minimum atomic E-state index is -1.03. The highest BCUT2D eigenvalue weighted by atomic mass is 32.1. The van der Waals surface area contributed by atoms with Crippen LogP contribution in [0.15, 0.2) is 35.0 Å². The Morgan fingerprint density at radius 3 is 1.93 bits per heavy atom. The zero-order valence-electron chi connectivity index (χ0n) is 7.17. The Bertz CT molecular complexity index is 369. The lowest BCUT2D eigenvalue weighted by molar-refractivity contribution is -0.306. The molecule has 0 atom stereocenters. The van der Waals surface area contributed by atoms with Gasteiger partial charge in [-0.15, -0.1) is 22.7 Å². The molecule has 0 saturated carbocycles. The molecule has 0 fully saturated rings. The maximum absolute atomic E-state index is 11.0. The van der Waals surface area contributed by atoms with E-state index < -0.39 is 11.9 Å². The maximum atomic E-state index is 11.0. The first kappa shape index (κ1) is 9.43. The second-order valence-electron chi connectivity index (χ2n) is 2.78. The molecular formula is C10H7O2S2-. The number of carbonyl (C=O) groups excluding carboxylic acids is 1. The molecule has 0 N–H and O–H groups in total. The normalized spacial score (nSPS) is 10.6. The molecule has 0 aromatic carbocycles. The van der Waals surface area contributed by atoms with Gasteiger partial charge in [-0.1, -0.05) is 12.1 Å². The number of carboxylic acids is 1. The van der Waals surface area contributed by atoms with E-state index in [1.807, 2.05) is 35.0 Å². The van der Waals surface area contributed by atoms with Gasteiger partial charge in [-0.2, -0.15) is 0 Å². The Balaban J connectivity index is 2.40. The van der Waals surface area contributed by atoms with Crippen molar-refractivity contribution < 1.29 is 9.90 Å². The van der Waals surface area contributed by atoms with Gasteiger partial charge in [0.15, 0.2) is 0 Å². The van der Waals surface area contributed by atoms with Crippen LogP contribution in [0.1, 0.15) is 15.7 Å². The van der Waals surface area contributed by atoms with E-state index in [0.717, 1.165) is 9.75 Å². The van der Waals surface area contributed by atoms with Crippen LogP contribution in [0, 0.1) is 0 Å². The van der Waals surface area contributed by atoms with Crippen LogP contribution in [0.3, 0.4) is 0 Å². The van der Waals surface area contributed by atoms with Crippen LogP contribution >= 0.6 is 22.7 Å². The van der Waals surface area contributed by atoms with E-state index in [1.165, 1.54) is 22.7 Å². The predicted molar refractivity (Wildman–Crippen MR) is 55.5 cm³/mol. The van der Waals surface area contributed by atoms with E-state index in [2.05, 4.69) is 0 Å². The largest absolute Gasteiger partial charge is 0.549 e. The summed E-state index contributed by atoms with van der Waals surface area (Å²) in [5.74, 6) is -1.63. The van der Waals surface area contributed by atoms with Crippen LogP contribution in [0.5, 0.6) is 0 Å². The van der Waals surface area contributed by atoms with Crippen molar-refractivity contribution in [2.45, 2.75) is 5.92 Å². The van der Waals surface area contributed by atoms with Gasteiger partial charge in [0.2, 0.25) is 0 Å². The summed E-state index contributed by atoms with van der Waals surface area (Å²) in [6.45, 7) is 0. The second-order valence-corrected chi connectivity index (χ2v) is 4.74. The number of carbonyl (C=O) groups is 1. The number of rotatable bonds is 3. The molecule has 2 rings (SSSR count). The molecule has 72 valence electrons. The van der Waals surface area contributed by atoms with E-state index in [-0.39, 0.29) is 0 Å². The van der Waals surface area contributed by atoms with Crippen LogP contribution in [0.4, 0.5) is 0 Å². The highest BCUT2D eigenvalue weighted by Gasteiger charge is 2.16. The van der Waals surface area contributed by atoms with Crippen LogP contribution < -0.4 is 5.11 Å². The summed E-state index contributed by atoms with van der Waals surface area (Å²) < 4.78 is 0. The topological polar surface area (TPSA) is 40.1 Å². The molecule has 2 nitrogen and oxygen atoms in total. The van der Waals surface area contributed by atoms with Gasteiger partial charge in [-0.25, -0.2) is 0 Å². The van der Waals surface area contributed by atoms with E-state index in [1.54, 1.807) is 0 Å². The van der Waals surface area contributed by atoms with Gasteiger partial charge in [0, 0.05) is 9.75 Å². The molecule has 0 bridgehead atoms. The predicted octanol–water partition coefficient (Wildman–Crippen LogP) is 1.69. The Morgan fingerprint density at radius 2 is 1.64 bits per heavy atom. The van der Waals surface area contributed by atoms with Crippen molar-refractivity contribution in [3.8, 4) is 0 Å². The van der Waals surface area contributed by atoms with Crippen LogP contribution in [0.25, 0.3) is 0 Å². The third-order valence-corrected chi connectivity index (χ3v) is 3.77. The molecule has 4 heteroatoms. The van der Waals surface area contributed by atoms with Gasteiger partial charge < -0.3 is 9.90 Å². The first-order chi connectivity index (χ1) is 6.79. The van der Waals surface area contributed by atoms with Gasteiger partial charge in [-0.05, 0) is 22.9 Å². The first-order valence-corrected chi connectivity index (χ1v) is 5.82. The van der Waals surface area contributed by atoms with Gasteiger partial charge in [0.25, 0.3) is 0 Å². The zero-order valence-corrected chi connectivity index (χ0v) is 8.81. The summed E-state index contributed by atoms with van der Waals surface area (Å²) in [6, 6.07) is 7.35. The third-order valence-electron chi connectivity index (χ3n) is 1.89. The fourth-order valence-corrected chi connectivity index (χ4v) is 3.02. The highest BCUT2D eigenvalue weighted by molar-refractivity contribution is 7.11. The van der Waals surface area contributed by atoms with E-state index in [4.69, 9.17) is 0 Å². The number of aliphatic carboxylic acids is 1. The molecule has 0 saturated heterocycles. The summed E-state index contributed by atoms with van der Waals surface area (Å²) in [5.41, 5.74) is 0. The van der Waals surface area contributed by atoms with Crippen molar-refractivity contribution in [3.63, 3.8) is 0 Å². The Hall–Kier alpha value is -1.13. The zero-order chi connectivity index (χ0) is 9.97. The fraction of sp³-hybridized carbons (Fsp3) is 0.100. The summed E-state index contributed by atoms with van der Waals surface area (Å²) in [6.07, 6.45) is 0. The smallest absolute Gasteiger partial charge is 0.0673 e. The Kier molecular flexibility index (Phi) is 2.65. The lowest BCUT2D eigenvalue weighted by Gasteiger charge is -2.14. The van der Waals surface area contributed by atoms with Gasteiger partial charge in [0.1, 0.15) is 0 Å². The minimum Gasteiger partial charge on any atom is -0.549 e. The SMILES string of the molecule is O=C([O-])C(c1cccs1)c1cccs1. The van der Waals surface area contributed by atoms with Crippen molar-refractivity contribution >= 4 is 28.6 Å². The average Bonchev–Trinajstić information content (AvgIpc) is 2.75. The monoisotopic (exact) mass is 223 g/mol. The molecule has 2 aromatic heterocycles. The molecule has 0 radical (unpaired) electrons. The maximum Gasteiger partial charge on any atom is 0.0673 e. The molecule has 0 unspecified atom stereocenters. The fourth-order valence-electron chi connectivity index (χ4n) is 1.28. The van der Waals surface area contributed by atoms with E-state index in [9.17, 15) is 9.90 Å². The summed E-state index contributed by atoms with van der Waals surface area (Å²) >= 11 is 2.89. The van der Waals surface area contributed by atoms with Gasteiger partial charge in [0.05, 0.1) is 11.9 Å². The van der Waals surface area contributed by atoms with Crippen LogP contribution in [-0.2, 0) is 4.79 Å².